The van der Waals surface area contributed by atoms with E-state index in [2.05, 4.69) is 63.3 Å². The number of likely N-dealkylation sites (N-methyl/N-ethyl adjacent to an activating group) is 2. The Kier molecular flexibility index (Phi) is 60.4. The van der Waals surface area contributed by atoms with E-state index in [4.69, 9.17) is 31.9 Å². The normalized spacial score (nSPS) is 14.4. The molecule has 0 aliphatic heterocycles. The lowest BCUT2D eigenvalue weighted by atomic mass is 9.96. The lowest BCUT2D eigenvalue weighted by molar-refractivity contribution is -0.561. The quantitative estimate of drug-likeness (QED) is 0.0223. The summed E-state index contributed by atoms with van der Waals surface area (Å²) in [5.74, 6) is -2.05. The van der Waals surface area contributed by atoms with Gasteiger partial charge in [0.1, 0.15) is 25.7 Å². The lowest BCUT2D eigenvalue weighted by Crippen LogP contribution is -2.35. The standard InChI is InChI=1S/C9H20N2O4P2.C9H26N2O2P6.C9H22N2O2P2.C8H16N2O4.C8H18N2O2.3CH4/c1-9(2,11(14)15)6-4-5-7(8(12)13)10(3)17-16;1-9(2,10)6-4-5-7(11(3)17-14)8(12)13-19(16)18-15;1-8(10(4)15-14)6-5-7-9(2,3)11(12)13;1-8(2,10(13)14)5-3-4-6(9)7(11)12;1-7(9)5-4-6-8(2,3)10(11)12;;;/h7,17H,4-6,16H2,1-3H3,(H,12,13);7,17-18H,4-6,10,14-16H2,1-3H3;8,15H,5-7,14H2,1-4H3;6H,3-5,9H2,1-2H3,(H,11,12);7H,4-6,9H2,1-3H3;3*1H4. The molecule has 0 aromatic carbocycles. The Morgan fingerprint density at radius 3 is 1.14 bits per heavy atom. The topological polar surface area (TPSA) is 361 Å². The maximum absolute atomic E-state index is 12.2. The number of hydrogen-bond acceptors (Lipinski definition) is 18. The molecule has 0 aliphatic carbocycles. The third-order valence-corrected chi connectivity index (χ3v) is 26.4. The minimum atomic E-state index is -1.07. The molecule has 0 heterocycles. The van der Waals surface area contributed by atoms with Gasteiger partial charge in [0.05, 0.1) is 0 Å². The first-order chi connectivity index (χ1) is 34.9. The highest BCUT2D eigenvalue weighted by atomic mass is 32.6. The summed E-state index contributed by atoms with van der Waals surface area (Å²) in [6.45, 7) is 20.9. The van der Waals surface area contributed by atoms with Crippen LogP contribution in [0.3, 0.4) is 0 Å². The number of carbonyl (C=O) groups excluding carboxylic acids is 1. The number of carboxylic acids is 2. The molecule has 0 aromatic heterocycles. The molecule has 0 spiro atoms. The van der Waals surface area contributed by atoms with Crippen LogP contribution >= 0.6 is 85.4 Å². The molecule has 0 saturated carbocycles. The van der Waals surface area contributed by atoms with E-state index >= 15 is 0 Å². The first-order valence-electron chi connectivity index (χ1n) is 25.0. The molecule has 0 fully saturated rings. The van der Waals surface area contributed by atoms with E-state index in [9.17, 15) is 54.8 Å². The Morgan fingerprint density at radius 1 is 0.550 bits per heavy atom. The van der Waals surface area contributed by atoms with Gasteiger partial charge in [0.15, 0.2) is 0 Å². The Balaban J connectivity index is -0.000000135. The van der Waals surface area contributed by atoms with Crippen LogP contribution in [0.2, 0.25) is 0 Å². The predicted octanol–water partition coefficient (Wildman–Crippen LogP) is 12.7. The van der Waals surface area contributed by atoms with E-state index in [1.165, 1.54) is 13.8 Å². The van der Waals surface area contributed by atoms with Gasteiger partial charge in [0.2, 0.25) is 22.2 Å². The fourth-order valence-corrected chi connectivity index (χ4v) is 10.7. The molecular weight excluding hydrogens is 1230 g/mol. The van der Waals surface area contributed by atoms with Crippen molar-refractivity contribution in [3.8, 4) is 0 Å². The summed E-state index contributed by atoms with van der Waals surface area (Å²) in [4.78, 5) is 74.8. The van der Waals surface area contributed by atoms with Crippen LogP contribution in [0.1, 0.15) is 202 Å². The second-order valence-electron chi connectivity index (χ2n) is 22.0. The van der Waals surface area contributed by atoms with E-state index in [1.54, 1.807) is 53.3 Å². The Bertz CT molecular complexity index is 1720. The van der Waals surface area contributed by atoms with Gasteiger partial charge in [-0.1, -0.05) is 58.0 Å². The van der Waals surface area contributed by atoms with Crippen LogP contribution < -0.4 is 17.2 Å². The third kappa shape index (κ3) is 51.3. The minimum Gasteiger partial charge on any atom is -0.480 e. The molecule has 0 amide bonds. The lowest BCUT2D eigenvalue weighted by Gasteiger charge is -2.27. The summed E-state index contributed by atoms with van der Waals surface area (Å²) in [5.41, 5.74) is 13.0. The van der Waals surface area contributed by atoms with E-state index in [0.29, 0.717) is 75.8 Å². The Labute approximate surface area is 502 Å². The van der Waals surface area contributed by atoms with Crippen LogP contribution in [0.5, 0.6) is 0 Å². The highest BCUT2D eigenvalue weighted by molar-refractivity contribution is 8.59. The molecule has 0 aromatic rings. The van der Waals surface area contributed by atoms with Gasteiger partial charge in [0.25, 0.3) is 0 Å². The average molecular weight is 1340 g/mol. The molecule has 80 heavy (non-hydrogen) atoms. The number of nitro groups is 4. The van der Waals surface area contributed by atoms with Gasteiger partial charge in [-0.25, -0.2) is 0 Å². The number of rotatable bonds is 35. The fraction of sp³-hybridized carbons (Fsp3) is 0.935. The zero-order valence-corrected chi connectivity index (χ0v) is 59.2. The number of nitrogens with zero attached hydrogens (tertiary/aromatic N) is 7. The number of carbonyl (C=O) groups is 3. The van der Waals surface area contributed by atoms with E-state index < -0.39 is 53.7 Å². The van der Waals surface area contributed by atoms with Crippen molar-refractivity contribution < 1.29 is 48.8 Å². The molecule has 0 bridgehead atoms. The van der Waals surface area contributed by atoms with E-state index in [1.807, 2.05) is 32.5 Å². The van der Waals surface area contributed by atoms with Crippen LogP contribution in [0, 0.1) is 40.5 Å². The average Bonchev–Trinajstić information content (AvgIpc) is 3.30. The number of carboxylic acid groups (broad SMARTS) is 2. The molecule has 0 saturated heterocycles. The number of aliphatic carboxylic acids is 2. The number of hydrogen-bond donors (Lipinski definition) is 5. The fourth-order valence-electron chi connectivity index (χ4n) is 6.05. The van der Waals surface area contributed by atoms with E-state index in [-0.39, 0.29) is 72.0 Å². The molecule has 34 heteroatoms. The van der Waals surface area contributed by atoms with Crippen LogP contribution in [-0.4, -0.2) is 141 Å². The highest BCUT2D eigenvalue weighted by Gasteiger charge is 2.33. The first-order valence-corrected chi connectivity index (χ1v) is 39.8. The van der Waals surface area contributed by atoms with Crippen molar-refractivity contribution in [3.05, 3.63) is 40.5 Å². The van der Waals surface area contributed by atoms with Crippen LogP contribution in [0.25, 0.3) is 0 Å². The first kappa shape index (κ1) is 96.4. The van der Waals surface area contributed by atoms with Gasteiger partial charge in [-0.05, 0) is 153 Å². The minimum absolute atomic E-state index is 0. The number of nitrogens with two attached hydrogens (primary N) is 3. The zero-order valence-electron chi connectivity index (χ0n) is 48.5. The molecule has 0 rings (SSSR count). The van der Waals surface area contributed by atoms with Crippen LogP contribution in [0.4, 0.5) is 0 Å². The van der Waals surface area contributed by atoms with Crippen molar-refractivity contribution in [3.63, 3.8) is 0 Å². The largest absolute Gasteiger partial charge is 0.480 e. The van der Waals surface area contributed by atoms with Gasteiger partial charge in [-0.15, -0.1) is 8.93 Å². The van der Waals surface area contributed by atoms with Crippen molar-refractivity contribution in [2.24, 2.45) is 17.2 Å². The van der Waals surface area contributed by atoms with Gasteiger partial charge < -0.3 is 31.9 Å². The molecule has 482 valence electrons. The molecular formula is C46H114N10O14P10. The summed E-state index contributed by atoms with van der Waals surface area (Å²) in [6, 6.07) is -0.994. The summed E-state index contributed by atoms with van der Waals surface area (Å²) in [7, 11) is 20.3. The maximum Gasteiger partial charge on any atom is 0.326 e. The Hall–Kier alpha value is 0.0700. The van der Waals surface area contributed by atoms with Gasteiger partial charge >= 0.3 is 17.9 Å². The maximum atomic E-state index is 12.2. The molecule has 24 nitrogen and oxygen atoms in total. The summed E-state index contributed by atoms with van der Waals surface area (Å²) in [6.07, 6.45) is 9.91. The van der Waals surface area contributed by atoms with Gasteiger partial charge in [-0.2, -0.15) is 0 Å². The van der Waals surface area contributed by atoms with Crippen molar-refractivity contribution in [2.45, 2.75) is 260 Å². The van der Waals surface area contributed by atoms with Crippen LogP contribution in [-0.2, 0) is 18.9 Å². The van der Waals surface area contributed by atoms with Gasteiger partial charge in [0, 0.05) is 118 Å². The predicted molar refractivity (Wildman–Crippen MR) is 364 cm³/mol. The monoisotopic (exact) mass is 1340 g/mol. The van der Waals surface area contributed by atoms with Crippen molar-refractivity contribution in [2.75, 3.05) is 21.1 Å². The molecule has 15 unspecified atom stereocenters. The molecule has 8 N–H and O–H groups in total. The smallest absolute Gasteiger partial charge is 0.326 e. The Morgan fingerprint density at radius 2 is 0.850 bits per heavy atom. The zero-order chi connectivity index (χ0) is 61.9. The second-order valence-corrected chi connectivity index (χ2v) is 35.6. The molecule has 0 radical (unpaired) electrons. The third-order valence-electron chi connectivity index (χ3n) is 12.1. The highest BCUT2D eigenvalue weighted by Crippen LogP contribution is 2.66. The molecule has 15 atom stereocenters. The van der Waals surface area contributed by atoms with Crippen molar-refractivity contribution in [1.82, 2.24) is 14.0 Å². The molecule has 0 aliphatic rings. The summed E-state index contributed by atoms with van der Waals surface area (Å²) >= 11 is 0. The van der Waals surface area contributed by atoms with Crippen molar-refractivity contribution >= 4 is 103 Å². The van der Waals surface area contributed by atoms with E-state index in [0.717, 1.165) is 53.4 Å². The second kappa shape index (κ2) is 50.1. The summed E-state index contributed by atoms with van der Waals surface area (Å²) < 4.78 is 11.5. The summed E-state index contributed by atoms with van der Waals surface area (Å²) in [5, 5.41) is 59.8. The van der Waals surface area contributed by atoms with Gasteiger partial charge in [-0.3, -0.25) is 68.9 Å². The van der Waals surface area contributed by atoms with Crippen molar-refractivity contribution in [1.29, 1.82) is 0 Å². The van der Waals surface area contributed by atoms with Crippen LogP contribution in [0.15, 0.2) is 0 Å². The SMILES string of the molecule is C.C.C.CC(C)(CCCC(N)C(=O)O)[N+](=O)[O-].CC(CCCC(C)(C)[N+](=O)[O-])N(C)PP.CC(N)CCCC(C)(C)[N+](=O)[O-].CN(PP)C(CCCC(C)(C)N)C(=O)OP(P)PP.CN(PP)C(CCCC(C)(C)[N+](=O)[O-])C(=O)O.